The Morgan fingerprint density at radius 2 is 1.87 bits per heavy atom. The third-order valence-corrected chi connectivity index (χ3v) is 5.75. The fourth-order valence-electron chi connectivity index (χ4n) is 2.96. The maximum Gasteiger partial charge on any atom is 0.259 e. The van der Waals surface area contributed by atoms with E-state index in [-0.39, 0.29) is 5.91 Å². The van der Waals surface area contributed by atoms with Crippen molar-refractivity contribution in [1.29, 1.82) is 0 Å². The van der Waals surface area contributed by atoms with Crippen LogP contribution in [-0.4, -0.2) is 18.0 Å². The lowest BCUT2D eigenvalue weighted by molar-refractivity contribution is 0.102. The molecule has 1 amide bonds. The van der Waals surface area contributed by atoms with Gasteiger partial charge in [0.15, 0.2) is 5.13 Å². The van der Waals surface area contributed by atoms with Gasteiger partial charge in [-0.05, 0) is 42.5 Å². The smallest absolute Gasteiger partial charge is 0.259 e. The molecule has 0 aliphatic rings. The molecule has 0 aliphatic carbocycles. The first-order valence-corrected chi connectivity index (χ1v) is 10.9. The van der Waals surface area contributed by atoms with Crippen molar-refractivity contribution in [2.24, 2.45) is 0 Å². The fourth-order valence-corrected chi connectivity index (χ4v) is 4.14. The van der Waals surface area contributed by atoms with Gasteiger partial charge in [0.2, 0.25) is 0 Å². The molecule has 1 aromatic heterocycles. The molecule has 1 heterocycles. The Morgan fingerprint density at radius 3 is 2.68 bits per heavy atom. The van der Waals surface area contributed by atoms with Gasteiger partial charge in [-0.1, -0.05) is 47.5 Å². The molecule has 0 radical (unpaired) electrons. The second-order valence-electron chi connectivity index (χ2n) is 6.52. The third kappa shape index (κ3) is 4.99. The van der Waals surface area contributed by atoms with Crippen molar-refractivity contribution in [1.82, 2.24) is 4.98 Å². The summed E-state index contributed by atoms with van der Waals surface area (Å²) in [6, 6.07) is 19.8. The molecule has 5 nitrogen and oxygen atoms in total. The number of hydrogen-bond donors (Lipinski definition) is 2. The van der Waals surface area contributed by atoms with E-state index in [0.29, 0.717) is 32.2 Å². The summed E-state index contributed by atoms with van der Waals surface area (Å²) < 4.78 is 5.27. The Bertz CT molecular complexity index is 1240. The summed E-state index contributed by atoms with van der Waals surface area (Å²) in [4.78, 5) is 17.3. The molecule has 3 aromatic carbocycles. The maximum absolute atomic E-state index is 12.7. The number of methoxy groups -OCH3 is 1. The van der Waals surface area contributed by atoms with Gasteiger partial charge in [0.1, 0.15) is 5.75 Å². The van der Waals surface area contributed by atoms with Gasteiger partial charge in [0.25, 0.3) is 5.91 Å². The van der Waals surface area contributed by atoms with Crippen LogP contribution in [0.25, 0.3) is 11.3 Å². The van der Waals surface area contributed by atoms with Crippen molar-refractivity contribution < 1.29 is 9.53 Å². The molecule has 0 bridgehead atoms. The summed E-state index contributed by atoms with van der Waals surface area (Å²) in [5, 5.41) is 9.84. The number of ether oxygens (including phenoxy) is 1. The largest absolute Gasteiger partial charge is 0.496 e. The summed E-state index contributed by atoms with van der Waals surface area (Å²) in [5.41, 5.74) is 3.52. The van der Waals surface area contributed by atoms with Crippen molar-refractivity contribution >= 4 is 57.0 Å². The van der Waals surface area contributed by atoms with Crippen molar-refractivity contribution in [2.75, 3.05) is 17.7 Å². The number of aromatic nitrogens is 1. The zero-order chi connectivity index (χ0) is 21.8. The first-order valence-electron chi connectivity index (χ1n) is 9.26. The summed E-state index contributed by atoms with van der Waals surface area (Å²) in [6.45, 7) is 0. The number of carbonyl (C=O) groups excluding carboxylic acids is 1. The SMILES string of the molecule is COc1ccccc1C(=O)Nc1cccc(-c2csc(Nc3ccc(Cl)cc3Cl)n2)c1. The number of para-hydroxylation sites is 1. The molecule has 0 aliphatic heterocycles. The summed E-state index contributed by atoms with van der Waals surface area (Å²) in [6.07, 6.45) is 0. The molecule has 31 heavy (non-hydrogen) atoms. The molecule has 0 saturated carbocycles. The maximum atomic E-state index is 12.7. The zero-order valence-electron chi connectivity index (χ0n) is 16.4. The van der Waals surface area contributed by atoms with E-state index >= 15 is 0 Å². The predicted octanol–water partition coefficient (Wildman–Crippen LogP) is 7.12. The average molecular weight is 470 g/mol. The molecule has 0 spiro atoms. The van der Waals surface area contributed by atoms with Crippen LogP contribution in [0.3, 0.4) is 0 Å². The van der Waals surface area contributed by atoms with Crippen LogP contribution in [0.4, 0.5) is 16.5 Å². The number of amides is 1. The van der Waals surface area contributed by atoms with Crippen LogP contribution in [0.1, 0.15) is 10.4 Å². The zero-order valence-corrected chi connectivity index (χ0v) is 18.7. The van der Waals surface area contributed by atoms with Crippen LogP contribution in [0.15, 0.2) is 72.1 Å². The Balaban J connectivity index is 1.51. The van der Waals surface area contributed by atoms with E-state index in [4.69, 9.17) is 27.9 Å². The number of halogens is 2. The number of rotatable bonds is 6. The molecule has 156 valence electrons. The molecule has 0 atom stereocenters. The molecule has 0 unspecified atom stereocenters. The van der Waals surface area contributed by atoms with Crippen LogP contribution in [0.2, 0.25) is 10.0 Å². The van der Waals surface area contributed by atoms with Gasteiger partial charge < -0.3 is 15.4 Å². The minimum Gasteiger partial charge on any atom is -0.496 e. The van der Waals surface area contributed by atoms with Crippen molar-refractivity contribution in [2.45, 2.75) is 0 Å². The van der Waals surface area contributed by atoms with E-state index in [1.807, 2.05) is 35.7 Å². The Labute approximate surface area is 193 Å². The van der Waals surface area contributed by atoms with E-state index < -0.39 is 0 Å². The first-order chi connectivity index (χ1) is 15.0. The summed E-state index contributed by atoms with van der Waals surface area (Å²) >= 11 is 13.6. The topological polar surface area (TPSA) is 63.2 Å². The number of nitrogens with zero attached hydrogens (tertiary/aromatic N) is 1. The Kier molecular flexibility index (Phi) is 6.42. The van der Waals surface area contributed by atoms with Gasteiger partial charge in [-0.3, -0.25) is 4.79 Å². The van der Waals surface area contributed by atoms with Crippen LogP contribution in [0, 0.1) is 0 Å². The first kappa shape index (κ1) is 21.2. The quantitative estimate of drug-likeness (QED) is 0.315. The second-order valence-corrected chi connectivity index (χ2v) is 8.22. The highest BCUT2D eigenvalue weighted by atomic mass is 35.5. The number of hydrogen-bond acceptors (Lipinski definition) is 5. The minimum absolute atomic E-state index is 0.243. The minimum atomic E-state index is -0.243. The highest BCUT2D eigenvalue weighted by Gasteiger charge is 2.13. The van der Waals surface area contributed by atoms with Crippen LogP contribution in [-0.2, 0) is 0 Å². The van der Waals surface area contributed by atoms with Crippen molar-refractivity contribution in [3.8, 4) is 17.0 Å². The highest BCUT2D eigenvalue weighted by Crippen LogP contribution is 2.32. The monoisotopic (exact) mass is 469 g/mol. The van der Waals surface area contributed by atoms with Crippen LogP contribution >= 0.6 is 34.5 Å². The number of benzene rings is 3. The number of anilines is 3. The summed E-state index contributed by atoms with van der Waals surface area (Å²) in [7, 11) is 1.54. The van der Waals surface area contributed by atoms with Gasteiger partial charge in [-0.2, -0.15) is 0 Å². The van der Waals surface area contributed by atoms with Crippen LogP contribution in [0.5, 0.6) is 5.75 Å². The van der Waals surface area contributed by atoms with Gasteiger partial charge in [0.05, 0.1) is 29.1 Å². The number of thiazole rings is 1. The molecular formula is C23H17Cl2N3O2S. The Morgan fingerprint density at radius 1 is 1.03 bits per heavy atom. The molecule has 2 N–H and O–H groups in total. The van der Waals surface area contributed by atoms with Gasteiger partial charge in [-0.25, -0.2) is 4.98 Å². The molecule has 0 fully saturated rings. The standard InChI is InChI=1S/C23H17Cl2N3O2S/c1-30-21-8-3-2-7-17(21)22(29)26-16-6-4-5-14(11-16)20-13-31-23(28-20)27-19-10-9-15(24)12-18(19)25/h2-13H,1H3,(H,26,29)(H,27,28). The molecule has 4 rings (SSSR count). The van der Waals surface area contributed by atoms with E-state index in [0.717, 1.165) is 16.9 Å². The second kappa shape index (κ2) is 9.39. The van der Waals surface area contributed by atoms with Gasteiger partial charge in [-0.15, -0.1) is 11.3 Å². The average Bonchev–Trinajstić information content (AvgIpc) is 3.24. The number of carbonyl (C=O) groups is 1. The lowest BCUT2D eigenvalue weighted by Crippen LogP contribution is -2.13. The van der Waals surface area contributed by atoms with E-state index in [1.165, 1.54) is 18.4 Å². The van der Waals surface area contributed by atoms with E-state index in [9.17, 15) is 4.79 Å². The van der Waals surface area contributed by atoms with Crippen molar-refractivity contribution in [3.63, 3.8) is 0 Å². The predicted molar refractivity (Wildman–Crippen MR) is 128 cm³/mol. The summed E-state index contributed by atoms with van der Waals surface area (Å²) in [5.74, 6) is 0.278. The van der Waals surface area contributed by atoms with E-state index in [2.05, 4.69) is 15.6 Å². The lowest BCUT2D eigenvalue weighted by atomic mass is 10.1. The molecule has 4 aromatic rings. The Hall–Kier alpha value is -3.06. The number of nitrogens with one attached hydrogen (secondary N) is 2. The fraction of sp³-hybridized carbons (Fsp3) is 0.0435. The molecule has 8 heteroatoms. The van der Waals surface area contributed by atoms with Crippen molar-refractivity contribution in [3.05, 3.63) is 87.7 Å². The highest BCUT2D eigenvalue weighted by molar-refractivity contribution is 7.14. The normalized spacial score (nSPS) is 10.5. The molecule has 0 saturated heterocycles. The molecular weight excluding hydrogens is 453 g/mol. The van der Waals surface area contributed by atoms with E-state index in [1.54, 1.807) is 36.4 Å². The van der Waals surface area contributed by atoms with Gasteiger partial charge in [0, 0.05) is 21.7 Å². The van der Waals surface area contributed by atoms with Crippen LogP contribution < -0.4 is 15.4 Å². The van der Waals surface area contributed by atoms with Gasteiger partial charge >= 0.3 is 0 Å². The lowest BCUT2D eigenvalue weighted by Gasteiger charge is -2.10. The third-order valence-electron chi connectivity index (χ3n) is 4.44.